The Morgan fingerprint density at radius 2 is 2.07 bits per heavy atom. The first kappa shape index (κ1) is 11.3. The van der Waals surface area contributed by atoms with Crippen molar-refractivity contribution in [3.63, 3.8) is 0 Å². The molecule has 0 saturated heterocycles. The zero-order valence-corrected chi connectivity index (χ0v) is 8.82. The Kier molecular flexibility index (Phi) is 5.03. The van der Waals surface area contributed by atoms with Gasteiger partial charge in [0.15, 0.2) is 0 Å². The van der Waals surface area contributed by atoms with Crippen LogP contribution in [0.15, 0.2) is 30.3 Å². The second kappa shape index (κ2) is 6.67. The highest BCUT2D eigenvalue weighted by Gasteiger charge is 2.02. The molecule has 0 amide bonds. The minimum Gasteiger partial charge on any atom is -0.464 e. The third-order valence-corrected chi connectivity index (χ3v) is 1.86. The smallest absolute Gasteiger partial charge is 0.310 e. The van der Waals surface area contributed by atoms with Gasteiger partial charge in [-0.3, -0.25) is 4.79 Å². The van der Waals surface area contributed by atoms with Crippen molar-refractivity contribution >= 4 is 5.97 Å². The van der Waals surface area contributed by atoms with Crippen LogP contribution in [0.2, 0.25) is 0 Å². The number of carbonyl (C=O) groups is 1. The normalized spacial score (nSPS) is 8.87. The molecule has 1 aromatic carbocycles. The molecule has 2 nitrogen and oxygen atoms in total. The number of hydrogen-bond donors (Lipinski definition) is 0. The summed E-state index contributed by atoms with van der Waals surface area (Å²) in [6.45, 7) is 2.15. The molecule has 1 aromatic rings. The Hall–Kier alpha value is -1.75. The summed E-state index contributed by atoms with van der Waals surface area (Å²) in [6, 6.07) is 9.56. The summed E-state index contributed by atoms with van der Waals surface area (Å²) >= 11 is 0. The van der Waals surface area contributed by atoms with Crippen LogP contribution >= 0.6 is 0 Å². The Balaban J connectivity index is 2.27. The van der Waals surface area contributed by atoms with Gasteiger partial charge in [-0.15, -0.1) is 11.8 Å². The highest BCUT2D eigenvalue weighted by Crippen LogP contribution is 2.00. The molecular formula is C13H14O2. The molecule has 0 bridgehead atoms. The molecule has 0 heterocycles. The van der Waals surface area contributed by atoms with Gasteiger partial charge < -0.3 is 4.74 Å². The molecule has 15 heavy (non-hydrogen) atoms. The number of rotatable bonds is 4. The van der Waals surface area contributed by atoms with Crippen molar-refractivity contribution in [2.24, 2.45) is 0 Å². The van der Waals surface area contributed by atoms with Gasteiger partial charge in [-0.1, -0.05) is 30.3 Å². The Morgan fingerprint density at radius 1 is 1.33 bits per heavy atom. The van der Waals surface area contributed by atoms with Crippen LogP contribution < -0.4 is 0 Å². The summed E-state index contributed by atoms with van der Waals surface area (Å²) in [4.78, 5) is 11.3. The summed E-state index contributed by atoms with van der Waals surface area (Å²) in [5, 5.41) is 0. The van der Waals surface area contributed by atoms with E-state index in [1.54, 1.807) is 6.92 Å². The monoisotopic (exact) mass is 202 g/mol. The standard InChI is InChI=1S/C13H14O2/c1-2-3-7-10-15-13(14)11-12-8-5-4-6-9-12/h4-6,8-9H,7,10-11H2,1H3. The second-order valence-electron chi connectivity index (χ2n) is 3.06. The van der Waals surface area contributed by atoms with Crippen LogP contribution in [-0.2, 0) is 16.0 Å². The van der Waals surface area contributed by atoms with Crippen LogP contribution in [-0.4, -0.2) is 12.6 Å². The Labute approximate surface area is 90.3 Å². The third-order valence-electron chi connectivity index (χ3n) is 1.86. The highest BCUT2D eigenvalue weighted by molar-refractivity contribution is 5.72. The minimum absolute atomic E-state index is 0.195. The largest absolute Gasteiger partial charge is 0.464 e. The lowest BCUT2D eigenvalue weighted by Crippen LogP contribution is -2.08. The molecule has 0 radical (unpaired) electrons. The first-order chi connectivity index (χ1) is 7.33. The molecule has 0 atom stereocenters. The summed E-state index contributed by atoms with van der Waals surface area (Å²) in [5.41, 5.74) is 0.976. The van der Waals surface area contributed by atoms with Gasteiger partial charge in [-0.05, 0) is 12.5 Å². The van der Waals surface area contributed by atoms with E-state index in [9.17, 15) is 4.79 Å². The van der Waals surface area contributed by atoms with Crippen molar-refractivity contribution in [3.8, 4) is 11.8 Å². The maximum absolute atomic E-state index is 11.3. The summed E-state index contributed by atoms with van der Waals surface area (Å²) < 4.78 is 5.01. The summed E-state index contributed by atoms with van der Waals surface area (Å²) in [7, 11) is 0. The predicted molar refractivity (Wildman–Crippen MR) is 59.2 cm³/mol. The SMILES string of the molecule is CC#CCCOC(=O)Cc1ccccc1. The van der Waals surface area contributed by atoms with Gasteiger partial charge in [0.05, 0.1) is 6.42 Å². The van der Waals surface area contributed by atoms with Gasteiger partial charge in [0.1, 0.15) is 6.61 Å². The lowest BCUT2D eigenvalue weighted by Gasteiger charge is -2.02. The van der Waals surface area contributed by atoms with Crippen molar-refractivity contribution in [1.29, 1.82) is 0 Å². The fourth-order valence-electron chi connectivity index (χ4n) is 1.15. The second-order valence-corrected chi connectivity index (χ2v) is 3.06. The Morgan fingerprint density at radius 3 is 2.73 bits per heavy atom. The van der Waals surface area contributed by atoms with Gasteiger partial charge in [0, 0.05) is 6.42 Å². The van der Waals surface area contributed by atoms with Crippen LogP contribution in [0, 0.1) is 11.8 Å². The molecule has 0 aliphatic rings. The molecule has 78 valence electrons. The zero-order chi connectivity index (χ0) is 10.9. The maximum Gasteiger partial charge on any atom is 0.310 e. The maximum atomic E-state index is 11.3. The van der Waals surface area contributed by atoms with E-state index < -0.39 is 0 Å². The van der Waals surface area contributed by atoms with E-state index in [4.69, 9.17) is 4.74 Å². The summed E-state index contributed by atoms with van der Waals surface area (Å²) in [6.07, 6.45) is 0.942. The zero-order valence-electron chi connectivity index (χ0n) is 8.82. The van der Waals surface area contributed by atoms with E-state index >= 15 is 0 Å². The fourth-order valence-corrected chi connectivity index (χ4v) is 1.15. The number of benzene rings is 1. The van der Waals surface area contributed by atoms with Crippen LogP contribution in [0.4, 0.5) is 0 Å². The number of hydrogen-bond acceptors (Lipinski definition) is 2. The molecule has 0 unspecified atom stereocenters. The molecule has 0 spiro atoms. The molecule has 0 aromatic heterocycles. The average molecular weight is 202 g/mol. The third kappa shape index (κ3) is 4.87. The van der Waals surface area contributed by atoms with Gasteiger partial charge in [0.2, 0.25) is 0 Å². The quantitative estimate of drug-likeness (QED) is 0.425. The van der Waals surface area contributed by atoms with E-state index in [2.05, 4.69) is 11.8 Å². The van der Waals surface area contributed by atoms with E-state index in [1.807, 2.05) is 30.3 Å². The van der Waals surface area contributed by atoms with Crippen molar-refractivity contribution in [3.05, 3.63) is 35.9 Å². The molecule has 1 rings (SSSR count). The van der Waals surface area contributed by atoms with E-state index in [1.165, 1.54) is 0 Å². The fraction of sp³-hybridized carbons (Fsp3) is 0.308. The van der Waals surface area contributed by atoms with E-state index in [-0.39, 0.29) is 5.97 Å². The van der Waals surface area contributed by atoms with Gasteiger partial charge in [-0.2, -0.15) is 0 Å². The Bertz CT molecular complexity index is 357. The molecule has 0 aliphatic heterocycles. The van der Waals surface area contributed by atoms with Crippen LogP contribution in [0.1, 0.15) is 18.9 Å². The minimum atomic E-state index is -0.195. The number of carbonyl (C=O) groups excluding carboxylic acids is 1. The topological polar surface area (TPSA) is 26.3 Å². The lowest BCUT2D eigenvalue weighted by molar-refractivity contribution is -0.142. The summed E-state index contributed by atoms with van der Waals surface area (Å²) in [5.74, 6) is 5.39. The van der Waals surface area contributed by atoms with Crippen molar-refractivity contribution in [2.75, 3.05) is 6.61 Å². The molecule has 0 N–H and O–H groups in total. The van der Waals surface area contributed by atoms with Crippen LogP contribution in [0.5, 0.6) is 0 Å². The number of ether oxygens (including phenoxy) is 1. The first-order valence-corrected chi connectivity index (χ1v) is 4.92. The van der Waals surface area contributed by atoms with E-state index in [0.29, 0.717) is 19.4 Å². The van der Waals surface area contributed by atoms with E-state index in [0.717, 1.165) is 5.56 Å². The molecule has 0 fully saturated rings. The van der Waals surface area contributed by atoms with Gasteiger partial charge >= 0.3 is 5.97 Å². The molecule has 0 aliphatic carbocycles. The van der Waals surface area contributed by atoms with Crippen LogP contribution in [0.25, 0.3) is 0 Å². The van der Waals surface area contributed by atoms with Gasteiger partial charge in [0.25, 0.3) is 0 Å². The predicted octanol–water partition coefficient (Wildman–Crippen LogP) is 2.19. The average Bonchev–Trinajstić information content (AvgIpc) is 2.26. The molecular weight excluding hydrogens is 188 g/mol. The molecule has 2 heteroatoms. The van der Waals surface area contributed by atoms with Gasteiger partial charge in [-0.25, -0.2) is 0 Å². The number of esters is 1. The van der Waals surface area contributed by atoms with Crippen molar-refractivity contribution in [1.82, 2.24) is 0 Å². The lowest BCUT2D eigenvalue weighted by atomic mass is 10.2. The highest BCUT2D eigenvalue weighted by atomic mass is 16.5. The van der Waals surface area contributed by atoms with Crippen LogP contribution in [0.3, 0.4) is 0 Å². The molecule has 0 saturated carbocycles. The first-order valence-electron chi connectivity index (χ1n) is 4.92. The van der Waals surface area contributed by atoms with Crippen molar-refractivity contribution in [2.45, 2.75) is 19.8 Å². The van der Waals surface area contributed by atoms with Crippen molar-refractivity contribution < 1.29 is 9.53 Å².